The molecule has 0 aliphatic heterocycles. The Kier molecular flexibility index (Phi) is 3.89. The van der Waals surface area contributed by atoms with Gasteiger partial charge in [-0.2, -0.15) is 10.5 Å². The zero-order valence-corrected chi connectivity index (χ0v) is 3.89. The highest BCUT2D eigenvalue weighted by Crippen LogP contribution is 1.49. The molecule has 8 heavy (non-hydrogen) atoms. The summed E-state index contributed by atoms with van der Waals surface area (Å²) in [4.78, 5) is 0. The summed E-state index contributed by atoms with van der Waals surface area (Å²) in [5, 5.41) is 15.6. The number of rotatable bonds is 0. The summed E-state index contributed by atoms with van der Waals surface area (Å²) in [5.41, 5.74) is 0. The Bertz CT molecular complexity index is 223. The molecule has 0 heterocycles. The molecule has 0 spiro atoms. The van der Waals surface area contributed by atoms with Crippen LogP contribution in [0.2, 0.25) is 0 Å². The van der Waals surface area contributed by atoms with Crippen LogP contribution in [-0.2, 0) is 0 Å². The Morgan fingerprint density at radius 2 is 1.00 bits per heavy atom. The van der Waals surface area contributed by atoms with Gasteiger partial charge < -0.3 is 0 Å². The lowest BCUT2D eigenvalue weighted by atomic mass is 10.6. The van der Waals surface area contributed by atoms with Crippen molar-refractivity contribution < 1.29 is 0 Å². The molecule has 0 atom stereocenters. The molecular formula is C6N2. The van der Waals surface area contributed by atoms with E-state index in [1.165, 1.54) is 0 Å². The van der Waals surface area contributed by atoms with E-state index in [9.17, 15) is 0 Å². The predicted molar refractivity (Wildman–Crippen MR) is 26.8 cm³/mol. The highest BCUT2D eigenvalue weighted by molar-refractivity contribution is 5.35. The normalized spacial score (nSPS) is 3.25. The van der Waals surface area contributed by atoms with Gasteiger partial charge in [0.05, 0.1) is 0 Å². The highest BCUT2D eigenvalue weighted by Gasteiger charge is 1.53. The fourth-order valence-corrected chi connectivity index (χ4v) is 0.118. The van der Waals surface area contributed by atoms with Crippen molar-refractivity contribution in [3.8, 4) is 35.8 Å². The van der Waals surface area contributed by atoms with E-state index in [1.807, 2.05) is 11.8 Å². The van der Waals surface area contributed by atoms with Crippen molar-refractivity contribution in [1.29, 1.82) is 10.5 Å². The van der Waals surface area contributed by atoms with Crippen LogP contribution in [0.4, 0.5) is 0 Å². The molecule has 0 fully saturated rings. The van der Waals surface area contributed by atoms with E-state index in [4.69, 9.17) is 10.5 Å². The van der Waals surface area contributed by atoms with Crippen molar-refractivity contribution in [2.24, 2.45) is 0 Å². The molecule has 2 nitrogen and oxygen atoms in total. The van der Waals surface area contributed by atoms with Crippen molar-refractivity contribution >= 4 is 0 Å². The van der Waals surface area contributed by atoms with Gasteiger partial charge in [-0.3, -0.25) is 0 Å². The fraction of sp³-hybridized carbons (Fsp3) is 0. The molecule has 2 heteroatoms. The van der Waals surface area contributed by atoms with Crippen LogP contribution in [-0.4, -0.2) is 0 Å². The fourth-order valence-electron chi connectivity index (χ4n) is 0.118. The van der Waals surface area contributed by atoms with Gasteiger partial charge in [-0.1, -0.05) is 0 Å². The van der Waals surface area contributed by atoms with E-state index in [2.05, 4.69) is 11.8 Å². The molecule has 0 rings (SSSR count). The van der Waals surface area contributed by atoms with Gasteiger partial charge in [0.25, 0.3) is 0 Å². The molecule has 0 bridgehead atoms. The molecule has 0 aromatic rings. The first-order valence-corrected chi connectivity index (χ1v) is 1.70. The van der Waals surface area contributed by atoms with Crippen LogP contribution in [0.15, 0.2) is 0 Å². The minimum Gasteiger partial charge on any atom is -0.183 e. The van der Waals surface area contributed by atoms with E-state index in [0.717, 1.165) is 0 Å². The molecule has 0 aliphatic rings. The minimum atomic E-state index is 1.55. The summed E-state index contributed by atoms with van der Waals surface area (Å²) < 4.78 is 0. The Balaban J connectivity index is 3.85. The summed E-state index contributed by atoms with van der Waals surface area (Å²) in [6, 6.07) is 3.11. The zero-order valence-electron chi connectivity index (χ0n) is 3.89. The van der Waals surface area contributed by atoms with Gasteiger partial charge in [0.2, 0.25) is 0 Å². The molecule has 0 aromatic carbocycles. The SMILES string of the molecule is N#CC#CC#CC#N. The van der Waals surface area contributed by atoms with Gasteiger partial charge in [0.1, 0.15) is 0 Å². The number of nitrogens with zero attached hydrogens (tertiary/aromatic N) is 2. The summed E-state index contributed by atoms with van der Waals surface area (Å²) in [5.74, 6) is 8.31. The quantitative estimate of drug-likeness (QED) is 0.403. The smallest absolute Gasteiger partial charge is 0.153 e. The second kappa shape index (κ2) is 5.10. The Hall–Kier alpha value is -1.90. The maximum atomic E-state index is 7.79. The largest absolute Gasteiger partial charge is 0.183 e. The average Bonchev–Trinajstić information content (AvgIpc) is 1.81. The molecule has 0 saturated carbocycles. The third kappa shape index (κ3) is 4.10. The van der Waals surface area contributed by atoms with Crippen molar-refractivity contribution in [1.82, 2.24) is 0 Å². The van der Waals surface area contributed by atoms with Crippen LogP contribution >= 0.6 is 0 Å². The molecule has 0 unspecified atom stereocenters. The predicted octanol–water partition coefficient (Wildman–Crippen LogP) is 0.0404. The monoisotopic (exact) mass is 100 g/mol. The summed E-state index contributed by atoms with van der Waals surface area (Å²) in [6.45, 7) is 0. The molecule has 0 amide bonds. The van der Waals surface area contributed by atoms with Crippen LogP contribution < -0.4 is 0 Å². The average molecular weight is 100 g/mol. The van der Waals surface area contributed by atoms with Gasteiger partial charge >= 0.3 is 0 Å². The summed E-state index contributed by atoms with van der Waals surface area (Å²) >= 11 is 0. The maximum absolute atomic E-state index is 7.79. The van der Waals surface area contributed by atoms with Gasteiger partial charge in [-0.05, 0) is 0 Å². The third-order valence-corrected chi connectivity index (χ3v) is 0.299. The van der Waals surface area contributed by atoms with E-state index in [-0.39, 0.29) is 0 Å². The second-order valence-electron chi connectivity index (χ2n) is 0.724. The minimum absolute atomic E-state index is 1.55. The molecule has 0 saturated heterocycles. The van der Waals surface area contributed by atoms with Crippen LogP contribution in [0.5, 0.6) is 0 Å². The zero-order chi connectivity index (χ0) is 6.24. The van der Waals surface area contributed by atoms with Crippen LogP contribution in [0.3, 0.4) is 0 Å². The van der Waals surface area contributed by atoms with Gasteiger partial charge in [0, 0.05) is 23.7 Å². The van der Waals surface area contributed by atoms with Crippen LogP contribution in [0.1, 0.15) is 0 Å². The van der Waals surface area contributed by atoms with Gasteiger partial charge in [-0.15, -0.1) is 0 Å². The number of hydrogen-bond donors (Lipinski definition) is 0. The van der Waals surface area contributed by atoms with Crippen molar-refractivity contribution in [3.05, 3.63) is 0 Å². The molecular weight excluding hydrogens is 100 g/mol. The van der Waals surface area contributed by atoms with Crippen LogP contribution in [0.25, 0.3) is 0 Å². The van der Waals surface area contributed by atoms with Crippen molar-refractivity contribution in [3.63, 3.8) is 0 Å². The standard InChI is InChI=1S/C6N2/c7-5-3-1-2-4-6-8. The highest BCUT2D eigenvalue weighted by atomic mass is 14.2. The topological polar surface area (TPSA) is 47.6 Å². The van der Waals surface area contributed by atoms with Crippen LogP contribution in [0, 0.1) is 46.3 Å². The lowest BCUT2D eigenvalue weighted by Crippen LogP contribution is -1.48. The first kappa shape index (κ1) is 6.10. The first-order chi connectivity index (χ1) is 3.91. The number of nitriles is 2. The second-order valence-corrected chi connectivity index (χ2v) is 0.724. The van der Waals surface area contributed by atoms with Gasteiger partial charge in [0.15, 0.2) is 12.1 Å². The molecule has 0 radical (unpaired) electrons. The van der Waals surface area contributed by atoms with Crippen molar-refractivity contribution in [2.45, 2.75) is 0 Å². The van der Waals surface area contributed by atoms with Crippen molar-refractivity contribution in [2.75, 3.05) is 0 Å². The Morgan fingerprint density at radius 1 is 0.625 bits per heavy atom. The lowest BCUT2D eigenvalue weighted by Gasteiger charge is -1.45. The first-order valence-electron chi connectivity index (χ1n) is 1.70. The van der Waals surface area contributed by atoms with Gasteiger partial charge in [-0.25, -0.2) is 0 Å². The lowest BCUT2D eigenvalue weighted by molar-refractivity contribution is 1.55. The molecule has 0 aliphatic carbocycles. The molecule has 0 aromatic heterocycles. The Morgan fingerprint density at radius 3 is 1.25 bits per heavy atom. The Labute approximate surface area is 47.3 Å². The summed E-state index contributed by atoms with van der Waals surface area (Å²) in [6.07, 6.45) is 0. The number of hydrogen-bond acceptors (Lipinski definition) is 2. The van der Waals surface area contributed by atoms with E-state index in [0.29, 0.717) is 0 Å². The maximum Gasteiger partial charge on any atom is 0.153 e. The molecule has 0 N–H and O–H groups in total. The third-order valence-electron chi connectivity index (χ3n) is 0.299. The van der Waals surface area contributed by atoms with E-state index in [1.54, 1.807) is 12.1 Å². The molecule has 34 valence electrons. The van der Waals surface area contributed by atoms with E-state index < -0.39 is 0 Å². The summed E-state index contributed by atoms with van der Waals surface area (Å²) in [7, 11) is 0. The van der Waals surface area contributed by atoms with E-state index >= 15 is 0 Å².